The van der Waals surface area contributed by atoms with E-state index in [4.69, 9.17) is 4.74 Å². The van der Waals surface area contributed by atoms with Crippen molar-refractivity contribution in [2.75, 3.05) is 17.7 Å². The Hall–Kier alpha value is -2.64. The van der Waals surface area contributed by atoms with Crippen LogP contribution in [0.5, 0.6) is 0 Å². The third kappa shape index (κ3) is 4.57. The van der Waals surface area contributed by atoms with Gasteiger partial charge < -0.3 is 10.1 Å². The van der Waals surface area contributed by atoms with Crippen LogP contribution >= 0.6 is 11.8 Å². The molecule has 6 nitrogen and oxygen atoms in total. The second-order valence-corrected chi connectivity index (χ2v) is 8.25. The van der Waals surface area contributed by atoms with E-state index in [1.54, 1.807) is 10.6 Å². The van der Waals surface area contributed by atoms with Gasteiger partial charge in [-0.2, -0.15) is 0 Å². The van der Waals surface area contributed by atoms with Gasteiger partial charge in [0.15, 0.2) is 5.16 Å². The number of rotatable bonds is 7. The van der Waals surface area contributed by atoms with E-state index in [2.05, 4.69) is 17.2 Å². The normalized spacial score (nSPS) is 16.1. The Labute approximate surface area is 179 Å². The lowest BCUT2D eigenvalue weighted by Crippen LogP contribution is -2.29. The molecule has 1 aliphatic rings. The summed E-state index contributed by atoms with van der Waals surface area (Å²) in [6.07, 6.45) is 2.78. The molecule has 1 amide bonds. The minimum Gasteiger partial charge on any atom is -0.376 e. The van der Waals surface area contributed by atoms with Gasteiger partial charge in [-0.3, -0.25) is 14.2 Å². The minimum atomic E-state index is -0.119. The fraction of sp³-hybridized carbons (Fsp3) is 0.348. The zero-order valence-corrected chi connectivity index (χ0v) is 17.8. The molecule has 0 saturated carbocycles. The first kappa shape index (κ1) is 20.6. The van der Waals surface area contributed by atoms with Crippen LogP contribution in [0.15, 0.2) is 58.5 Å². The highest BCUT2D eigenvalue weighted by Gasteiger charge is 2.20. The number of benzene rings is 2. The number of anilines is 1. The molecule has 1 aliphatic heterocycles. The van der Waals surface area contributed by atoms with Gasteiger partial charge in [0.1, 0.15) is 0 Å². The van der Waals surface area contributed by atoms with Gasteiger partial charge in [-0.25, -0.2) is 4.98 Å². The van der Waals surface area contributed by atoms with E-state index in [1.165, 1.54) is 11.8 Å². The highest BCUT2D eigenvalue weighted by molar-refractivity contribution is 7.99. The molecule has 1 N–H and O–H groups in total. The van der Waals surface area contributed by atoms with E-state index in [9.17, 15) is 9.59 Å². The molecule has 0 spiro atoms. The third-order valence-electron chi connectivity index (χ3n) is 5.24. The van der Waals surface area contributed by atoms with E-state index in [-0.39, 0.29) is 23.3 Å². The van der Waals surface area contributed by atoms with Crippen molar-refractivity contribution >= 4 is 34.3 Å². The monoisotopic (exact) mass is 423 g/mol. The Kier molecular flexibility index (Phi) is 6.50. The number of fused-ring (bicyclic) bond motifs is 1. The van der Waals surface area contributed by atoms with Crippen molar-refractivity contribution in [3.05, 3.63) is 64.4 Å². The number of aromatic nitrogens is 2. The number of amides is 1. The van der Waals surface area contributed by atoms with Crippen LogP contribution in [-0.4, -0.2) is 33.9 Å². The number of nitrogens with one attached hydrogen (secondary N) is 1. The number of hydrogen-bond donors (Lipinski definition) is 1. The third-order valence-corrected chi connectivity index (χ3v) is 6.22. The van der Waals surface area contributed by atoms with Crippen LogP contribution in [0.1, 0.15) is 25.3 Å². The van der Waals surface area contributed by atoms with Crippen molar-refractivity contribution in [3.63, 3.8) is 0 Å². The molecule has 1 saturated heterocycles. The summed E-state index contributed by atoms with van der Waals surface area (Å²) in [4.78, 5) is 30.4. The van der Waals surface area contributed by atoms with Crippen molar-refractivity contribution in [2.24, 2.45) is 0 Å². The molecule has 30 heavy (non-hydrogen) atoms. The molecule has 2 aromatic carbocycles. The lowest BCUT2D eigenvalue weighted by molar-refractivity contribution is -0.113. The Morgan fingerprint density at radius 3 is 2.83 bits per heavy atom. The zero-order chi connectivity index (χ0) is 20.9. The number of aryl methyl sites for hydroxylation is 1. The van der Waals surface area contributed by atoms with Gasteiger partial charge in [-0.05, 0) is 43.0 Å². The van der Waals surface area contributed by atoms with Crippen LogP contribution in [0, 0.1) is 0 Å². The van der Waals surface area contributed by atoms with Crippen molar-refractivity contribution in [2.45, 2.75) is 44.0 Å². The van der Waals surface area contributed by atoms with E-state index in [1.807, 2.05) is 42.5 Å². The largest absolute Gasteiger partial charge is 0.376 e. The smallest absolute Gasteiger partial charge is 0.262 e. The number of carbonyl (C=O) groups excluding carboxylic acids is 1. The highest BCUT2D eigenvalue weighted by Crippen LogP contribution is 2.22. The first-order valence-corrected chi connectivity index (χ1v) is 11.3. The maximum Gasteiger partial charge on any atom is 0.262 e. The van der Waals surface area contributed by atoms with Gasteiger partial charge in [0, 0.05) is 12.3 Å². The molecule has 0 aliphatic carbocycles. The maximum absolute atomic E-state index is 13.1. The molecular weight excluding hydrogens is 398 g/mol. The van der Waals surface area contributed by atoms with Crippen molar-refractivity contribution in [1.82, 2.24) is 9.55 Å². The Bertz CT molecular complexity index is 1110. The van der Waals surface area contributed by atoms with Crippen LogP contribution in [0.25, 0.3) is 10.9 Å². The van der Waals surface area contributed by atoms with Crippen molar-refractivity contribution in [3.8, 4) is 0 Å². The molecule has 4 rings (SSSR count). The summed E-state index contributed by atoms with van der Waals surface area (Å²) >= 11 is 1.28. The van der Waals surface area contributed by atoms with Crippen LogP contribution in [0.2, 0.25) is 0 Å². The predicted molar refractivity (Wildman–Crippen MR) is 120 cm³/mol. The molecule has 3 aromatic rings. The molecule has 1 fully saturated rings. The van der Waals surface area contributed by atoms with Gasteiger partial charge >= 0.3 is 0 Å². The molecule has 2 heterocycles. The number of nitrogens with zero attached hydrogens (tertiary/aromatic N) is 2. The predicted octanol–water partition coefficient (Wildman–Crippen LogP) is 3.87. The number of hydrogen-bond acceptors (Lipinski definition) is 5. The molecule has 1 unspecified atom stereocenters. The maximum atomic E-state index is 13.1. The first-order chi connectivity index (χ1) is 14.7. The Balaban J connectivity index is 1.56. The quantitative estimate of drug-likeness (QED) is 0.461. The van der Waals surface area contributed by atoms with E-state index < -0.39 is 0 Å². The van der Waals surface area contributed by atoms with Gasteiger partial charge in [-0.1, -0.05) is 49.0 Å². The number of carbonyl (C=O) groups is 1. The average molecular weight is 424 g/mol. The highest BCUT2D eigenvalue weighted by atomic mass is 32.2. The SMILES string of the molecule is CCc1ccccc1NC(=O)CSc1nc2ccccc2c(=O)n1CC1CCCO1. The Morgan fingerprint density at radius 2 is 2.03 bits per heavy atom. The van der Waals surface area contributed by atoms with Crippen LogP contribution in [0.4, 0.5) is 5.69 Å². The number of thioether (sulfide) groups is 1. The van der Waals surface area contributed by atoms with E-state index in [0.717, 1.165) is 37.1 Å². The lowest BCUT2D eigenvalue weighted by atomic mass is 10.1. The van der Waals surface area contributed by atoms with Crippen molar-refractivity contribution in [1.29, 1.82) is 0 Å². The summed E-state index contributed by atoms with van der Waals surface area (Å²) in [6.45, 7) is 3.24. The summed E-state index contributed by atoms with van der Waals surface area (Å²) in [5, 5.41) is 4.11. The summed E-state index contributed by atoms with van der Waals surface area (Å²) in [6, 6.07) is 15.1. The lowest BCUT2D eigenvalue weighted by Gasteiger charge is -2.16. The summed E-state index contributed by atoms with van der Waals surface area (Å²) in [5.41, 5.74) is 2.48. The van der Waals surface area contributed by atoms with Gasteiger partial charge in [0.05, 0.1) is 29.3 Å². The molecule has 156 valence electrons. The van der Waals surface area contributed by atoms with Crippen LogP contribution < -0.4 is 10.9 Å². The zero-order valence-electron chi connectivity index (χ0n) is 17.0. The second-order valence-electron chi connectivity index (χ2n) is 7.31. The molecule has 0 radical (unpaired) electrons. The Morgan fingerprint density at radius 1 is 1.23 bits per heavy atom. The topological polar surface area (TPSA) is 73.2 Å². The summed E-state index contributed by atoms with van der Waals surface area (Å²) in [5.74, 6) is 0.0564. The number of ether oxygens (including phenoxy) is 1. The second kappa shape index (κ2) is 9.45. The fourth-order valence-electron chi connectivity index (χ4n) is 3.68. The summed E-state index contributed by atoms with van der Waals surface area (Å²) in [7, 11) is 0. The summed E-state index contributed by atoms with van der Waals surface area (Å²) < 4.78 is 7.40. The van der Waals surface area contributed by atoms with Gasteiger partial charge in [0.25, 0.3) is 5.56 Å². The van der Waals surface area contributed by atoms with Gasteiger partial charge in [0.2, 0.25) is 5.91 Å². The first-order valence-electron chi connectivity index (χ1n) is 10.3. The van der Waals surface area contributed by atoms with Crippen LogP contribution in [0.3, 0.4) is 0 Å². The molecule has 0 bridgehead atoms. The van der Waals surface area contributed by atoms with E-state index in [0.29, 0.717) is 22.6 Å². The van der Waals surface area contributed by atoms with Crippen molar-refractivity contribution < 1.29 is 9.53 Å². The minimum absolute atomic E-state index is 0.00951. The molecule has 7 heteroatoms. The van der Waals surface area contributed by atoms with Gasteiger partial charge in [-0.15, -0.1) is 0 Å². The molecule has 1 atom stereocenters. The van der Waals surface area contributed by atoms with E-state index >= 15 is 0 Å². The fourth-order valence-corrected chi connectivity index (χ4v) is 4.49. The number of para-hydroxylation sites is 2. The standard InChI is InChI=1S/C23H25N3O3S/c1-2-16-8-3-5-11-19(16)24-21(27)15-30-23-25-20-12-6-4-10-18(20)22(28)26(23)14-17-9-7-13-29-17/h3-6,8,10-12,17H,2,7,9,13-15H2,1H3,(H,24,27). The molecule has 1 aromatic heterocycles. The average Bonchev–Trinajstić information content (AvgIpc) is 3.28. The molecular formula is C23H25N3O3S. The van der Waals surface area contributed by atoms with Crippen LogP contribution in [-0.2, 0) is 22.5 Å².